The molecule has 0 fully saturated rings. The highest BCUT2D eigenvalue weighted by atomic mass is 16.6. The maximum absolute atomic E-state index is 10.4. The second-order valence-corrected chi connectivity index (χ2v) is 2.24. The van der Waals surface area contributed by atoms with Crippen molar-refractivity contribution in [2.75, 3.05) is 18.6 Å². The SMILES string of the molecule is COc1cc([N+](=O)[O-])c(N)nc1N. The highest BCUT2D eigenvalue weighted by Gasteiger charge is 2.16. The first-order valence-corrected chi connectivity index (χ1v) is 3.30. The molecule has 0 aromatic carbocycles. The van der Waals surface area contributed by atoms with E-state index in [4.69, 9.17) is 16.2 Å². The largest absolute Gasteiger partial charge is 0.493 e. The Morgan fingerprint density at radius 1 is 1.54 bits per heavy atom. The van der Waals surface area contributed by atoms with Gasteiger partial charge in [-0.05, 0) is 0 Å². The van der Waals surface area contributed by atoms with Crippen LogP contribution in [0.5, 0.6) is 5.75 Å². The number of hydrogen-bond acceptors (Lipinski definition) is 6. The number of hydrogen-bond donors (Lipinski definition) is 2. The number of methoxy groups -OCH3 is 1. The lowest BCUT2D eigenvalue weighted by atomic mass is 10.3. The van der Waals surface area contributed by atoms with E-state index in [0.717, 1.165) is 6.07 Å². The number of rotatable bonds is 2. The molecule has 0 aliphatic heterocycles. The van der Waals surface area contributed by atoms with Crippen LogP contribution in [0.1, 0.15) is 0 Å². The van der Waals surface area contributed by atoms with Crippen molar-refractivity contribution in [3.8, 4) is 5.75 Å². The molecule has 0 aliphatic carbocycles. The summed E-state index contributed by atoms with van der Waals surface area (Å²) >= 11 is 0. The van der Waals surface area contributed by atoms with Gasteiger partial charge in [0.25, 0.3) is 0 Å². The minimum atomic E-state index is -0.649. The van der Waals surface area contributed by atoms with Crippen LogP contribution in [0.25, 0.3) is 0 Å². The molecule has 13 heavy (non-hydrogen) atoms. The van der Waals surface area contributed by atoms with Crippen molar-refractivity contribution in [3.05, 3.63) is 16.2 Å². The van der Waals surface area contributed by atoms with Gasteiger partial charge < -0.3 is 16.2 Å². The van der Waals surface area contributed by atoms with Gasteiger partial charge in [0.1, 0.15) is 0 Å². The van der Waals surface area contributed by atoms with Gasteiger partial charge in [0.15, 0.2) is 11.6 Å². The lowest BCUT2D eigenvalue weighted by Crippen LogP contribution is -2.03. The Morgan fingerprint density at radius 3 is 2.62 bits per heavy atom. The number of nitro groups is 1. The fourth-order valence-corrected chi connectivity index (χ4v) is 0.824. The van der Waals surface area contributed by atoms with Crippen LogP contribution in [-0.4, -0.2) is 17.0 Å². The number of aromatic nitrogens is 1. The maximum Gasteiger partial charge on any atom is 0.315 e. The van der Waals surface area contributed by atoms with Gasteiger partial charge in [0, 0.05) is 0 Å². The zero-order valence-corrected chi connectivity index (χ0v) is 6.85. The molecule has 70 valence electrons. The predicted molar refractivity (Wildman–Crippen MR) is 46.3 cm³/mol. The molecular formula is C6H8N4O3. The summed E-state index contributed by atoms with van der Waals surface area (Å²) in [5, 5.41) is 10.4. The van der Waals surface area contributed by atoms with Crippen LogP contribution >= 0.6 is 0 Å². The van der Waals surface area contributed by atoms with Crippen molar-refractivity contribution in [1.82, 2.24) is 4.98 Å². The average molecular weight is 184 g/mol. The quantitative estimate of drug-likeness (QED) is 0.499. The van der Waals surface area contributed by atoms with Gasteiger partial charge >= 0.3 is 5.69 Å². The average Bonchev–Trinajstić information content (AvgIpc) is 2.03. The van der Waals surface area contributed by atoms with E-state index in [1.807, 2.05) is 0 Å². The second-order valence-electron chi connectivity index (χ2n) is 2.24. The molecule has 1 heterocycles. The molecular weight excluding hydrogens is 176 g/mol. The number of pyridine rings is 1. The van der Waals surface area contributed by atoms with Crippen LogP contribution < -0.4 is 16.2 Å². The van der Waals surface area contributed by atoms with Crippen molar-refractivity contribution in [2.45, 2.75) is 0 Å². The van der Waals surface area contributed by atoms with Crippen LogP contribution in [0.15, 0.2) is 6.07 Å². The Labute approximate surface area is 73.5 Å². The van der Waals surface area contributed by atoms with Gasteiger partial charge in [-0.15, -0.1) is 0 Å². The van der Waals surface area contributed by atoms with Crippen LogP contribution in [0.4, 0.5) is 17.3 Å². The van der Waals surface area contributed by atoms with E-state index in [0.29, 0.717) is 0 Å². The van der Waals surface area contributed by atoms with Crippen LogP contribution in [0.2, 0.25) is 0 Å². The fraction of sp³-hybridized carbons (Fsp3) is 0.167. The summed E-state index contributed by atoms with van der Waals surface area (Å²) in [6.07, 6.45) is 0. The van der Waals surface area contributed by atoms with Gasteiger partial charge in [-0.1, -0.05) is 0 Å². The van der Waals surface area contributed by atoms with Crippen LogP contribution in [0, 0.1) is 10.1 Å². The van der Waals surface area contributed by atoms with Gasteiger partial charge in [0.05, 0.1) is 18.1 Å². The van der Waals surface area contributed by atoms with E-state index >= 15 is 0 Å². The summed E-state index contributed by atoms with van der Waals surface area (Å²) in [4.78, 5) is 13.3. The number of nitrogen functional groups attached to an aromatic ring is 2. The van der Waals surface area contributed by atoms with Gasteiger partial charge in [-0.3, -0.25) is 10.1 Å². The van der Waals surface area contributed by atoms with Crippen molar-refractivity contribution < 1.29 is 9.66 Å². The molecule has 0 saturated heterocycles. The summed E-state index contributed by atoms with van der Waals surface area (Å²) in [6, 6.07) is 1.14. The first-order chi connectivity index (χ1) is 6.06. The van der Waals surface area contributed by atoms with Crippen LogP contribution in [-0.2, 0) is 0 Å². The van der Waals surface area contributed by atoms with E-state index in [9.17, 15) is 10.1 Å². The lowest BCUT2D eigenvalue weighted by molar-refractivity contribution is -0.384. The molecule has 0 aliphatic rings. The lowest BCUT2D eigenvalue weighted by Gasteiger charge is -2.03. The molecule has 0 bridgehead atoms. The smallest absolute Gasteiger partial charge is 0.315 e. The zero-order valence-electron chi connectivity index (χ0n) is 6.85. The fourth-order valence-electron chi connectivity index (χ4n) is 0.824. The molecule has 0 unspecified atom stereocenters. The van der Waals surface area contributed by atoms with E-state index in [1.165, 1.54) is 7.11 Å². The van der Waals surface area contributed by atoms with Gasteiger partial charge in [-0.2, -0.15) is 0 Å². The predicted octanol–water partition coefficient (Wildman–Crippen LogP) is 0.163. The summed E-state index contributed by atoms with van der Waals surface area (Å²) < 4.78 is 4.74. The molecule has 0 atom stereocenters. The Balaban J connectivity index is 3.30. The minimum Gasteiger partial charge on any atom is -0.493 e. The summed E-state index contributed by atoms with van der Waals surface area (Å²) in [7, 11) is 1.34. The highest BCUT2D eigenvalue weighted by molar-refractivity contribution is 5.62. The molecule has 1 aromatic heterocycles. The summed E-state index contributed by atoms with van der Waals surface area (Å²) in [5.74, 6) is -0.0465. The molecule has 0 radical (unpaired) electrons. The molecule has 4 N–H and O–H groups in total. The molecule has 0 amide bonds. The Hall–Kier alpha value is -2.05. The van der Waals surface area contributed by atoms with E-state index in [-0.39, 0.29) is 23.1 Å². The molecule has 1 aromatic rings. The number of anilines is 2. The van der Waals surface area contributed by atoms with E-state index in [1.54, 1.807) is 0 Å². The molecule has 0 saturated carbocycles. The van der Waals surface area contributed by atoms with Gasteiger partial charge in [0.2, 0.25) is 5.82 Å². The number of ether oxygens (including phenoxy) is 1. The molecule has 7 heteroatoms. The Kier molecular flexibility index (Phi) is 2.18. The van der Waals surface area contributed by atoms with Crippen molar-refractivity contribution >= 4 is 17.3 Å². The normalized spacial score (nSPS) is 9.62. The van der Waals surface area contributed by atoms with Gasteiger partial charge in [-0.25, -0.2) is 4.98 Å². The summed E-state index contributed by atoms with van der Waals surface area (Å²) in [5.41, 5.74) is 10.3. The third-order valence-corrected chi connectivity index (χ3v) is 1.44. The number of nitrogens with two attached hydrogens (primary N) is 2. The monoisotopic (exact) mass is 184 g/mol. The summed E-state index contributed by atoms with van der Waals surface area (Å²) in [6.45, 7) is 0. The third-order valence-electron chi connectivity index (χ3n) is 1.44. The molecule has 1 rings (SSSR count). The minimum absolute atomic E-state index is 0.0330. The maximum atomic E-state index is 10.4. The Morgan fingerprint density at radius 2 is 2.15 bits per heavy atom. The van der Waals surface area contributed by atoms with Crippen molar-refractivity contribution in [1.29, 1.82) is 0 Å². The Bertz CT molecular complexity index is 352. The standard InChI is InChI=1S/C6H8N4O3/c1-13-4-2-3(10(11)12)5(7)9-6(4)8/h2H,1H3,(H4,7,8,9). The van der Waals surface area contributed by atoms with Crippen molar-refractivity contribution in [2.24, 2.45) is 0 Å². The zero-order chi connectivity index (χ0) is 10.0. The molecule has 7 nitrogen and oxygen atoms in total. The topological polar surface area (TPSA) is 117 Å². The van der Waals surface area contributed by atoms with E-state index < -0.39 is 4.92 Å². The first-order valence-electron chi connectivity index (χ1n) is 3.30. The first kappa shape index (κ1) is 9.04. The van der Waals surface area contributed by atoms with Crippen LogP contribution in [0.3, 0.4) is 0 Å². The highest BCUT2D eigenvalue weighted by Crippen LogP contribution is 2.28. The second kappa shape index (κ2) is 3.13. The number of nitrogens with zero attached hydrogens (tertiary/aromatic N) is 2. The van der Waals surface area contributed by atoms with E-state index in [2.05, 4.69) is 4.98 Å². The molecule has 0 spiro atoms. The van der Waals surface area contributed by atoms with Crippen molar-refractivity contribution in [3.63, 3.8) is 0 Å². The third kappa shape index (κ3) is 1.58.